The lowest BCUT2D eigenvalue weighted by Gasteiger charge is -1.95. The standard InChI is InChI=1S/C13H10FN3OS/c14-9-3-1-8(2-4-9)7-11-16-13(18-17-11)12-10(15)5-6-19-12/h1-6H,7,15H2. The Morgan fingerprint density at radius 2 is 2.00 bits per heavy atom. The van der Waals surface area contributed by atoms with E-state index >= 15 is 0 Å². The molecule has 96 valence electrons. The largest absolute Gasteiger partial charge is 0.397 e. The van der Waals surface area contributed by atoms with Gasteiger partial charge < -0.3 is 10.3 Å². The van der Waals surface area contributed by atoms with Gasteiger partial charge in [0.05, 0.1) is 5.69 Å². The van der Waals surface area contributed by atoms with E-state index in [9.17, 15) is 4.39 Å². The highest BCUT2D eigenvalue weighted by atomic mass is 32.1. The number of nitrogens with zero attached hydrogens (tertiary/aromatic N) is 2. The summed E-state index contributed by atoms with van der Waals surface area (Å²) in [5.74, 6) is 0.711. The van der Waals surface area contributed by atoms with Crippen molar-refractivity contribution in [2.24, 2.45) is 0 Å². The molecular weight excluding hydrogens is 265 g/mol. The summed E-state index contributed by atoms with van der Waals surface area (Å²) in [6.45, 7) is 0. The summed E-state index contributed by atoms with van der Waals surface area (Å²) < 4.78 is 18.0. The summed E-state index contributed by atoms with van der Waals surface area (Å²) in [6.07, 6.45) is 0.495. The van der Waals surface area contributed by atoms with Crippen LogP contribution in [0.3, 0.4) is 0 Å². The number of aromatic nitrogens is 2. The van der Waals surface area contributed by atoms with Crippen LogP contribution in [0.2, 0.25) is 0 Å². The molecule has 19 heavy (non-hydrogen) atoms. The Hall–Kier alpha value is -2.21. The van der Waals surface area contributed by atoms with Gasteiger partial charge in [0.1, 0.15) is 10.7 Å². The minimum Gasteiger partial charge on any atom is -0.397 e. The Bertz CT molecular complexity index is 690. The molecule has 4 nitrogen and oxygen atoms in total. The second kappa shape index (κ2) is 4.81. The lowest BCUT2D eigenvalue weighted by molar-refractivity contribution is 0.425. The molecule has 0 radical (unpaired) electrons. The summed E-state index contributed by atoms with van der Waals surface area (Å²) in [6, 6.07) is 8.01. The molecule has 0 saturated carbocycles. The summed E-state index contributed by atoms with van der Waals surface area (Å²) >= 11 is 1.45. The number of nitrogen functional groups attached to an aromatic ring is 1. The number of anilines is 1. The average Bonchev–Trinajstić information content (AvgIpc) is 3.01. The summed E-state index contributed by atoms with van der Waals surface area (Å²) in [5, 5.41) is 5.77. The highest BCUT2D eigenvalue weighted by Gasteiger charge is 2.13. The molecule has 0 aliphatic rings. The quantitative estimate of drug-likeness (QED) is 0.797. The molecule has 3 rings (SSSR count). The third-order valence-corrected chi connectivity index (χ3v) is 3.55. The number of thiophene rings is 1. The maximum Gasteiger partial charge on any atom is 0.270 e. The first kappa shape index (κ1) is 11.9. The average molecular weight is 275 g/mol. The molecule has 1 aromatic carbocycles. The van der Waals surface area contributed by atoms with Crippen LogP contribution in [0, 0.1) is 5.82 Å². The molecule has 0 amide bonds. The van der Waals surface area contributed by atoms with Gasteiger partial charge in [-0.3, -0.25) is 0 Å². The molecule has 0 aliphatic heterocycles. The minimum absolute atomic E-state index is 0.260. The highest BCUT2D eigenvalue weighted by Crippen LogP contribution is 2.30. The molecule has 2 aromatic heterocycles. The fourth-order valence-corrected chi connectivity index (χ4v) is 2.43. The van der Waals surface area contributed by atoms with E-state index in [2.05, 4.69) is 10.1 Å². The Morgan fingerprint density at radius 3 is 2.68 bits per heavy atom. The Balaban J connectivity index is 1.82. The van der Waals surface area contributed by atoms with Crippen molar-refractivity contribution in [3.05, 3.63) is 52.9 Å². The van der Waals surface area contributed by atoms with Crippen LogP contribution in [0.15, 0.2) is 40.2 Å². The van der Waals surface area contributed by atoms with Gasteiger partial charge in [-0.2, -0.15) is 4.98 Å². The van der Waals surface area contributed by atoms with Gasteiger partial charge in [0.15, 0.2) is 5.82 Å². The van der Waals surface area contributed by atoms with E-state index in [1.165, 1.54) is 23.5 Å². The molecule has 0 aliphatic carbocycles. The number of halogens is 1. The van der Waals surface area contributed by atoms with Crippen molar-refractivity contribution in [3.8, 4) is 10.8 Å². The third kappa shape index (κ3) is 2.48. The van der Waals surface area contributed by atoms with Crippen molar-refractivity contribution in [3.63, 3.8) is 0 Å². The summed E-state index contributed by atoms with van der Waals surface area (Å²) in [5.41, 5.74) is 7.34. The SMILES string of the molecule is Nc1ccsc1-c1nc(Cc2ccc(F)cc2)no1. The molecule has 3 aromatic rings. The number of benzene rings is 1. The van der Waals surface area contributed by atoms with Crippen molar-refractivity contribution in [2.75, 3.05) is 5.73 Å². The van der Waals surface area contributed by atoms with Crippen LogP contribution < -0.4 is 5.73 Å². The Labute approximate surface area is 112 Å². The lowest BCUT2D eigenvalue weighted by Crippen LogP contribution is -1.91. The van der Waals surface area contributed by atoms with E-state index in [4.69, 9.17) is 10.3 Å². The van der Waals surface area contributed by atoms with E-state index in [1.807, 2.05) is 5.38 Å². The third-order valence-electron chi connectivity index (χ3n) is 2.63. The molecule has 2 N–H and O–H groups in total. The topological polar surface area (TPSA) is 64.9 Å². The number of hydrogen-bond donors (Lipinski definition) is 1. The lowest BCUT2D eigenvalue weighted by atomic mass is 10.1. The zero-order chi connectivity index (χ0) is 13.2. The maximum atomic E-state index is 12.8. The molecule has 0 spiro atoms. The molecule has 0 fully saturated rings. The van der Waals surface area contributed by atoms with Gasteiger partial charge in [-0.05, 0) is 29.1 Å². The van der Waals surface area contributed by atoms with Gasteiger partial charge in [-0.15, -0.1) is 11.3 Å². The van der Waals surface area contributed by atoms with Crippen molar-refractivity contribution in [1.82, 2.24) is 10.1 Å². The van der Waals surface area contributed by atoms with Gasteiger partial charge in [-0.1, -0.05) is 17.3 Å². The molecule has 0 bridgehead atoms. The highest BCUT2D eigenvalue weighted by molar-refractivity contribution is 7.14. The predicted molar refractivity (Wildman–Crippen MR) is 71.2 cm³/mol. The van der Waals surface area contributed by atoms with Crippen molar-refractivity contribution >= 4 is 17.0 Å². The van der Waals surface area contributed by atoms with E-state index in [0.29, 0.717) is 23.8 Å². The second-order valence-electron chi connectivity index (χ2n) is 4.02. The van der Waals surface area contributed by atoms with Crippen LogP contribution >= 0.6 is 11.3 Å². The normalized spacial score (nSPS) is 10.8. The van der Waals surface area contributed by atoms with E-state index in [0.717, 1.165) is 10.4 Å². The van der Waals surface area contributed by atoms with Gasteiger partial charge in [-0.25, -0.2) is 4.39 Å². The number of hydrogen-bond acceptors (Lipinski definition) is 5. The minimum atomic E-state index is -0.260. The molecule has 0 unspecified atom stereocenters. The molecule has 2 heterocycles. The fraction of sp³-hybridized carbons (Fsp3) is 0.0769. The Morgan fingerprint density at radius 1 is 1.21 bits per heavy atom. The van der Waals surface area contributed by atoms with Gasteiger partial charge in [0, 0.05) is 6.42 Å². The van der Waals surface area contributed by atoms with Gasteiger partial charge in [0.2, 0.25) is 0 Å². The first-order valence-electron chi connectivity index (χ1n) is 5.63. The van der Waals surface area contributed by atoms with E-state index < -0.39 is 0 Å². The zero-order valence-corrected chi connectivity index (χ0v) is 10.7. The number of nitrogens with two attached hydrogens (primary N) is 1. The molecule has 6 heteroatoms. The summed E-state index contributed by atoms with van der Waals surface area (Å²) in [7, 11) is 0. The Kier molecular flexibility index (Phi) is 3.00. The van der Waals surface area contributed by atoms with Gasteiger partial charge >= 0.3 is 0 Å². The summed E-state index contributed by atoms with van der Waals surface area (Å²) in [4.78, 5) is 5.07. The van der Waals surface area contributed by atoms with Crippen LogP contribution in [-0.4, -0.2) is 10.1 Å². The predicted octanol–water partition coefficient (Wildman–Crippen LogP) is 3.11. The van der Waals surface area contributed by atoms with Crippen LogP contribution in [0.5, 0.6) is 0 Å². The van der Waals surface area contributed by atoms with Crippen LogP contribution in [0.1, 0.15) is 11.4 Å². The smallest absolute Gasteiger partial charge is 0.270 e. The van der Waals surface area contributed by atoms with E-state index in [-0.39, 0.29) is 5.82 Å². The van der Waals surface area contributed by atoms with Crippen LogP contribution in [0.25, 0.3) is 10.8 Å². The van der Waals surface area contributed by atoms with Gasteiger partial charge in [0.25, 0.3) is 5.89 Å². The van der Waals surface area contributed by atoms with Crippen molar-refractivity contribution in [1.29, 1.82) is 0 Å². The second-order valence-corrected chi connectivity index (χ2v) is 4.94. The first-order valence-corrected chi connectivity index (χ1v) is 6.51. The maximum absolute atomic E-state index is 12.8. The molecule has 0 atom stereocenters. The zero-order valence-electron chi connectivity index (χ0n) is 9.84. The van der Waals surface area contributed by atoms with Crippen LogP contribution in [0.4, 0.5) is 10.1 Å². The first-order chi connectivity index (χ1) is 9.22. The van der Waals surface area contributed by atoms with Crippen LogP contribution in [-0.2, 0) is 6.42 Å². The molecule has 0 saturated heterocycles. The van der Waals surface area contributed by atoms with E-state index in [1.54, 1.807) is 18.2 Å². The molecular formula is C13H10FN3OS. The fourth-order valence-electron chi connectivity index (χ4n) is 1.70. The van der Waals surface area contributed by atoms with Crippen molar-refractivity contribution < 1.29 is 8.91 Å². The van der Waals surface area contributed by atoms with Crippen molar-refractivity contribution in [2.45, 2.75) is 6.42 Å². The monoisotopic (exact) mass is 275 g/mol. The number of rotatable bonds is 3.